The van der Waals surface area contributed by atoms with Crippen LogP contribution in [0, 0.1) is 0 Å². The van der Waals surface area contributed by atoms with Crippen molar-refractivity contribution in [2.75, 3.05) is 11.4 Å². The zero-order chi connectivity index (χ0) is 12.8. The van der Waals surface area contributed by atoms with Crippen molar-refractivity contribution < 1.29 is 9.90 Å². The molecule has 1 atom stereocenters. The van der Waals surface area contributed by atoms with Crippen LogP contribution in [0.2, 0.25) is 0 Å². The van der Waals surface area contributed by atoms with Crippen LogP contribution in [-0.2, 0) is 17.3 Å². The zero-order valence-corrected chi connectivity index (χ0v) is 10.8. The van der Waals surface area contributed by atoms with E-state index in [-0.39, 0.29) is 17.7 Å². The molecule has 1 aliphatic heterocycles. The molecule has 1 unspecified atom stereocenters. The molecule has 94 valence electrons. The highest BCUT2D eigenvalue weighted by atomic mass is 16.3. The summed E-state index contributed by atoms with van der Waals surface area (Å²) in [5.41, 5.74) is 0.904. The van der Waals surface area contributed by atoms with E-state index in [1.807, 2.05) is 13.1 Å². The van der Waals surface area contributed by atoms with Crippen LogP contribution in [0.3, 0.4) is 0 Å². The molecule has 1 amide bonds. The fraction of sp³-hybridized carbons (Fsp3) is 0.667. The van der Waals surface area contributed by atoms with E-state index >= 15 is 0 Å². The van der Waals surface area contributed by atoms with Gasteiger partial charge in [0.15, 0.2) is 0 Å². The second-order valence-electron chi connectivity index (χ2n) is 5.62. The Bertz CT molecular complexity index is 445. The molecule has 2 heterocycles. The van der Waals surface area contributed by atoms with Crippen molar-refractivity contribution in [3.05, 3.63) is 11.8 Å². The number of aryl methyl sites for hydroxylation is 1. The summed E-state index contributed by atoms with van der Waals surface area (Å²) in [6.45, 7) is 6.61. The second-order valence-corrected chi connectivity index (χ2v) is 5.62. The van der Waals surface area contributed by atoms with Crippen LogP contribution in [0.1, 0.15) is 32.9 Å². The molecule has 1 fully saturated rings. The number of hydrogen-bond donors (Lipinski definition) is 1. The Balaban J connectivity index is 2.34. The lowest BCUT2D eigenvalue weighted by atomic mass is 9.92. The molecular formula is C12H19N3O2. The SMILES string of the molecule is Cn1nc(C(C)(C)C)cc1N1CC(O)CC1=O. The van der Waals surface area contributed by atoms with Crippen molar-refractivity contribution >= 4 is 11.7 Å². The first-order valence-electron chi connectivity index (χ1n) is 5.82. The van der Waals surface area contributed by atoms with E-state index in [1.165, 1.54) is 0 Å². The molecule has 1 N–H and O–H groups in total. The van der Waals surface area contributed by atoms with Gasteiger partial charge < -0.3 is 5.11 Å². The molecule has 0 radical (unpaired) electrons. The topological polar surface area (TPSA) is 58.4 Å². The number of amides is 1. The van der Waals surface area contributed by atoms with Crippen molar-refractivity contribution in [3.63, 3.8) is 0 Å². The fourth-order valence-corrected chi connectivity index (χ4v) is 1.99. The first-order valence-corrected chi connectivity index (χ1v) is 5.82. The third-order valence-electron chi connectivity index (χ3n) is 3.00. The summed E-state index contributed by atoms with van der Waals surface area (Å²) in [6, 6.07) is 1.93. The summed E-state index contributed by atoms with van der Waals surface area (Å²) in [4.78, 5) is 13.3. The first-order chi connectivity index (χ1) is 7.79. The van der Waals surface area contributed by atoms with Crippen molar-refractivity contribution in [1.29, 1.82) is 0 Å². The van der Waals surface area contributed by atoms with E-state index < -0.39 is 6.10 Å². The second kappa shape index (κ2) is 3.84. The van der Waals surface area contributed by atoms with E-state index in [0.29, 0.717) is 6.54 Å². The summed E-state index contributed by atoms with van der Waals surface area (Å²) in [7, 11) is 1.82. The number of hydrogen-bond acceptors (Lipinski definition) is 3. The Morgan fingerprint density at radius 1 is 1.47 bits per heavy atom. The highest BCUT2D eigenvalue weighted by molar-refractivity contribution is 5.95. The molecule has 1 saturated heterocycles. The number of β-amino-alcohol motifs (C(OH)–C–C–N with tert-alkyl or cyclic N) is 1. The van der Waals surface area contributed by atoms with Gasteiger partial charge in [0, 0.05) is 18.5 Å². The molecule has 1 aromatic rings. The van der Waals surface area contributed by atoms with Crippen molar-refractivity contribution in [2.24, 2.45) is 7.05 Å². The van der Waals surface area contributed by atoms with Gasteiger partial charge in [-0.15, -0.1) is 0 Å². The van der Waals surface area contributed by atoms with Crippen molar-refractivity contribution in [2.45, 2.75) is 38.7 Å². The predicted molar refractivity (Wildman–Crippen MR) is 64.9 cm³/mol. The summed E-state index contributed by atoms with van der Waals surface area (Å²) >= 11 is 0. The van der Waals surface area contributed by atoms with Gasteiger partial charge in [0.2, 0.25) is 5.91 Å². The number of aromatic nitrogens is 2. The van der Waals surface area contributed by atoms with E-state index in [9.17, 15) is 9.90 Å². The first kappa shape index (κ1) is 12.1. The van der Waals surface area contributed by atoms with Crippen LogP contribution in [0.4, 0.5) is 5.82 Å². The lowest BCUT2D eigenvalue weighted by Gasteiger charge is -2.15. The maximum absolute atomic E-state index is 11.7. The monoisotopic (exact) mass is 237 g/mol. The summed E-state index contributed by atoms with van der Waals surface area (Å²) in [5, 5.41) is 13.9. The van der Waals surface area contributed by atoms with Crippen LogP contribution in [-0.4, -0.2) is 33.4 Å². The van der Waals surface area contributed by atoms with Gasteiger partial charge in [0.1, 0.15) is 5.82 Å². The minimum Gasteiger partial charge on any atom is -0.391 e. The average molecular weight is 237 g/mol. The number of rotatable bonds is 1. The van der Waals surface area contributed by atoms with Crippen LogP contribution >= 0.6 is 0 Å². The number of carbonyl (C=O) groups is 1. The summed E-state index contributed by atoms with van der Waals surface area (Å²) < 4.78 is 1.70. The average Bonchev–Trinajstić information content (AvgIpc) is 2.68. The Hall–Kier alpha value is -1.36. The number of aliphatic hydroxyl groups excluding tert-OH is 1. The van der Waals surface area contributed by atoms with Gasteiger partial charge >= 0.3 is 0 Å². The van der Waals surface area contributed by atoms with Crippen LogP contribution in [0.25, 0.3) is 0 Å². The maximum atomic E-state index is 11.7. The molecule has 5 nitrogen and oxygen atoms in total. The molecular weight excluding hydrogens is 218 g/mol. The number of nitrogens with zero attached hydrogens (tertiary/aromatic N) is 3. The van der Waals surface area contributed by atoms with E-state index in [1.54, 1.807) is 9.58 Å². The lowest BCUT2D eigenvalue weighted by Crippen LogP contribution is -2.27. The van der Waals surface area contributed by atoms with E-state index in [4.69, 9.17) is 0 Å². The molecule has 1 aromatic heterocycles. The number of anilines is 1. The van der Waals surface area contributed by atoms with Crippen LogP contribution in [0.15, 0.2) is 6.07 Å². The van der Waals surface area contributed by atoms with Crippen LogP contribution in [0.5, 0.6) is 0 Å². The third kappa shape index (κ3) is 2.20. The standard InChI is InChI=1S/C12H19N3O2/c1-12(2,3)9-6-10(14(4)13-9)15-7-8(16)5-11(15)17/h6,8,16H,5,7H2,1-4H3. The predicted octanol–water partition coefficient (Wildman–Crippen LogP) is 0.815. The Morgan fingerprint density at radius 3 is 2.53 bits per heavy atom. The molecule has 1 aliphatic rings. The lowest BCUT2D eigenvalue weighted by molar-refractivity contribution is -0.117. The number of carbonyl (C=O) groups excluding carboxylic acids is 1. The van der Waals surface area contributed by atoms with Gasteiger partial charge in [-0.3, -0.25) is 14.4 Å². The quantitative estimate of drug-likeness (QED) is 0.786. The normalized spacial score (nSPS) is 21.4. The molecule has 0 aliphatic carbocycles. The molecule has 2 rings (SSSR count). The van der Waals surface area contributed by atoms with Gasteiger partial charge in [0.25, 0.3) is 0 Å². The minimum atomic E-state index is -0.560. The maximum Gasteiger partial charge on any atom is 0.230 e. The Morgan fingerprint density at radius 2 is 2.12 bits per heavy atom. The van der Waals surface area contributed by atoms with Crippen molar-refractivity contribution in [1.82, 2.24) is 9.78 Å². The van der Waals surface area contributed by atoms with Gasteiger partial charge in [-0.05, 0) is 0 Å². The van der Waals surface area contributed by atoms with E-state index in [0.717, 1.165) is 11.5 Å². The third-order valence-corrected chi connectivity index (χ3v) is 3.00. The molecule has 0 aromatic carbocycles. The molecule has 5 heteroatoms. The van der Waals surface area contributed by atoms with Crippen LogP contribution < -0.4 is 4.90 Å². The highest BCUT2D eigenvalue weighted by Gasteiger charge is 2.32. The molecule has 0 spiro atoms. The van der Waals surface area contributed by atoms with Crippen molar-refractivity contribution in [3.8, 4) is 0 Å². The zero-order valence-electron chi connectivity index (χ0n) is 10.8. The summed E-state index contributed by atoms with van der Waals surface area (Å²) in [6.07, 6.45) is -0.355. The fourth-order valence-electron chi connectivity index (χ4n) is 1.99. The van der Waals surface area contributed by atoms with Gasteiger partial charge in [0.05, 0.1) is 24.8 Å². The van der Waals surface area contributed by atoms with Gasteiger partial charge in [-0.1, -0.05) is 20.8 Å². The Kier molecular flexibility index (Phi) is 2.73. The molecule has 17 heavy (non-hydrogen) atoms. The summed E-state index contributed by atoms with van der Waals surface area (Å²) in [5.74, 6) is 0.720. The molecule has 0 saturated carbocycles. The Labute approximate surface area is 101 Å². The molecule has 0 bridgehead atoms. The highest BCUT2D eigenvalue weighted by Crippen LogP contribution is 2.27. The van der Waals surface area contributed by atoms with Gasteiger partial charge in [-0.2, -0.15) is 5.10 Å². The van der Waals surface area contributed by atoms with Gasteiger partial charge in [-0.25, -0.2) is 0 Å². The largest absolute Gasteiger partial charge is 0.391 e. The van der Waals surface area contributed by atoms with E-state index in [2.05, 4.69) is 25.9 Å². The minimum absolute atomic E-state index is 0.0408. The smallest absolute Gasteiger partial charge is 0.230 e. The number of aliphatic hydroxyl groups is 1.